The van der Waals surface area contributed by atoms with Crippen LogP contribution in [0.1, 0.15) is 24.4 Å². The lowest BCUT2D eigenvalue weighted by atomic mass is 10.2. The van der Waals surface area contributed by atoms with Crippen molar-refractivity contribution in [3.05, 3.63) is 45.7 Å². The Morgan fingerprint density at radius 2 is 2.16 bits per heavy atom. The molecular formula is C14H18N6O5. The number of nitrogens with zero attached hydrogens (tertiary/aromatic N) is 5. The van der Waals surface area contributed by atoms with Gasteiger partial charge in [-0.1, -0.05) is 5.21 Å². The molecule has 3 rings (SSSR count). The van der Waals surface area contributed by atoms with Crippen LogP contribution in [-0.2, 0) is 17.7 Å². The maximum absolute atomic E-state index is 12.1. The monoisotopic (exact) mass is 350 g/mol. The van der Waals surface area contributed by atoms with E-state index in [1.165, 1.54) is 6.20 Å². The summed E-state index contributed by atoms with van der Waals surface area (Å²) in [5.41, 5.74) is 6.17. The molecule has 0 saturated heterocycles. The van der Waals surface area contributed by atoms with Gasteiger partial charge in [0.1, 0.15) is 12.4 Å². The summed E-state index contributed by atoms with van der Waals surface area (Å²) in [5, 5.41) is 36.8. The predicted molar refractivity (Wildman–Crippen MR) is 84.3 cm³/mol. The summed E-state index contributed by atoms with van der Waals surface area (Å²) >= 11 is 0. The first-order chi connectivity index (χ1) is 11.9. The molecule has 1 aliphatic rings. The Balaban J connectivity index is 1.92. The van der Waals surface area contributed by atoms with E-state index in [1.807, 2.05) is 6.92 Å². The summed E-state index contributed by atoms with van der Waals surface area (Å²) in [6.45, 7) is 1.98. The lowest BCUT2D eigenvalue weighted by Crippen LogP contribution is -2.34. The van der Waals surface area contributed by atoms with Gasteiger partial charge in [-0.25, -0.2) is 4.79 Å². The fourth-order valence-corrected chi connectivity index (χ4v) is 2.51. The number of aliphatic hydroxyl groups is 3. The van der Waals surface area contributed by atoms with E-state index in [2.05, 4.69) is 15.3 Å². The first-order valence-electron chi connectivity index (χ1n) is 7.58. The van der Waals surface area contributed by atoms with E-state index in [0.29, 0.717) is 17.8 Å². The third-order valence-electron chi connectivity index (χ3n) is 3.86. The molecule has 0 spiro atoms. The summed E-state index contributed by atoms with van der Waals surface area (Å²) in [6, 6.07) is 0. The van der Waals surface area contributed by atoms with Crippen molar-refractivity contribution < 1.29 is 20.1 Å². The normalized spacial score (nSPS) is 20.1. The topological polar surface area (TPSA) is 162 Å². The van der Waals surface area contributed by atoms with Gasteiger partial charge in [-0.3, -0.25) is 9.25 Å². The molecule has 25 heavy (non-hydrogen) atoms. The van der Waals surface area contributed by atoms with Crippen molar-refractivity contribution in [3.63, 3.8) is 0 Å². The number of aliphatic hydroxyl groups excluding tert-OH is 3. The van der Waals surface area contributed by atoms with Crippen LogP contribution in [-0.4, -0.2) is 52.6 Å². The zero-order chi connectivity index (χ0) is 18.1. The number of aryl methyl sites for hydroxylation is 1. The molecule has 0 saturated carbocycles. The summed E-state index contributed by atoms with van der Waals surface area (Å²) in [6.07, 6.45) is 0.658. The molecule has 11 nitrogen and oxygen atoms in total. The molecule has 0 amide bonds. The fraction of sp³-hybridized carbons (Fsp3) is 0.429. The molecule has 1 aliphatic heterocycles. The van der Waals surface area contributed by atoms with Crippen molar-refractivity contribution >= 4 is 5.82 Å². The Kier molecular flexibility index (Phi) is 4.42. The van der Waals surface area contributed by atoms with Crippen molar-refractivity contribution in [2.24, 2.45) is 0 Å². The molecule has 5 N–H and O–H groups in total. The molecule has 0 aliphatic carbocycles. The molecule has 0 radical (unpaired) electrons. The number of rotatable bonds is 5. The third kappa shape index (κ3) is 3.06. The molecule has 2 aromatic heterocycles. The van der Waals surface area contributed by atoms with Crippen LogP contribution in [0.15, 0.2) is 28.7 Å². The lowest BCUT2D eigenvalue weighted by molar-refractivity contribution is -0.0172. The minimum Gasteiger partial charge on any atom is -0.506 e. The molecule has 0 bridgehead atoms. The minimum absolute atomic E-state index is 0.0272. The number of nitrogen functional groups attached to an aromatic ring is 1. The highest BCUT2D eigenvalue weighted by Crippen LogP contribution is 2.30. The molecule has 1 unspecified atom stereocenters. The number of anilines is 1. The number of hydrogen-bond donors (Lipinski definition) is 4. The molecule has 134 valence electrons. The van der Waals surface area contributed by atoms with Gasteiger partial charge in [0, 0.05) is 30.9 Å². The Morgan fingerprint density at radius 3 is 2.76 bits per heavy atom. The van der Waals surface area contributed by atoms with Crippen LogP contribution in [0, 0.1) is 0 Å². The van der Waals surface area contributed by atoms with Crippen LogP contribution >= 0.6 is 0 Å². The number of ether oxygens (including phenoxy) is 1. The largest absolute Gasteiger partial charge is 0.506 e. The second-order valence-corrected chi connectivity index (χ2v) is 5.50. The SMILES string of the molecule is CCn1cc(Cc2cn([C@@H]3OC(CO)=C(O)C3O)c(=O)nc2N)nn1. The van der Waals surface area contributed by atoms with Gasteiger partial charge in [-0.05, 0) is 6.92 Å². The van der Waals surface area contributed by atoms with Crippen LogP contribution < -0.4 is 11.4 Å². The molecule has 0 fully saturated rings. The molecule has 3 heterocycles. The van der Waals surface area contributed by atoms with E-state index in [0.717, 1.165) is 4.57 Å². The summed E-state index contributed by atoms with van der Waals surface area (Å²) < 4.78 is 7.91. The second kappa shape index (κ2) is 6.53. The summed E-state index contributed by atoms with van der Waals surface area (Å²) in [4.78, 5) is 15.8. The maximum Gasteiger partial charge on any atom is 0.352 e. The Morgan fingerprint density at radius 1 is 1.40 bits per heavy atom. The van der Waals surface area contributed by atoms with Crippen molar-refractivity contribution in [2.45, 2.75) is 32.2 Å². The predicted octanol–water partition coefficient (Wildman–Crippen LogP) is -1.32. The molecule has 0 aromatic carbocycles. The highest BCUT2D eigenvalue weighted by atomic mass is 16.5. The third-order valence-corrected chi connectivity index (χ3v) is 3.86. The van der Waals surface area contributed by atoms with Gasteiger partial charge in [-0.2, -0.15) is 4.98 Å². The van der Waals surface area contributed by atoms with E-state index in [4.69, 9.17) is 15.6 Å². The molecular weight excluding hydrogens is 332 g/mol. The quantitative estimate of drug-likeness (QED) is 0.512. The Bertz CT molecular complexity index is 873. The van der Waals surface area contributed by atoms with Gasteiger partial charge in [0.15, 0.2) is 17.6 Å². The van der Waals surface area contributed by atoms with Crippen LogP contribution in [0.4, 0.5) is 5.82 Å². The van der Waals surface area contributed by atoms with Crippen LogP contribution in [0.25, 0.3) is 0 Å². The van der Waals surface area contributed by atoms with Crippen molar-refractivity contribution in [1.29, 1.82) is 0 Å². The number of hydrogen-bond acceptors (Lipinski definition) is 9. The fourth-order valence-electron chi connectivity index (χ4n) is 2.51. The van der Waals surface area contributed by atoms with Gasteiger partial charge < -0.3 is 25.8 Å². The second-order valence-electron chi connectivity index (χ2n) is 5.50. The lowest BCUT2D eigenvalue weighted by Gasteiger charge is -2.19. The van der Waals surface area contributed by atoms with Gasteiger partial charge in [0.2, 0.25) is 6.23 Å². The van der Waals surface area contributed by atoms with E-state index in [1.54, 1.807) is 10.9 Å². The standard InChI is InChI=1S/C14H18N6O5/c1-2-19-5-8(17-18-19)3-7-4-20(14(24)16-12(7)15)13-11(23)10(22)9(6-21)25-13/h4-5,11,13,21-23H,2-3,6H2,1H3,(H2,15,16,24)/t11?,13-/m1/s1. The van der Waals surface area contributed by atoms with Gasteiger partial charge >= 0.3 is 5.69 Å². The average molecular weight is 350 g/mol. The maximum atomic E-state index is 12.1. The zero-order valence-electron chi connectivity index (χ0n) is 13.4. The molecule has 11 heteroatoms. The van der Waals surface area contributed by atoms with Crippen molar-refractivity contribution in [3.8, 4) is 0 Å². The van der Waals surface area contributed by atoms with E-state index in [-0.39, 0.29) is 18.0 Å². The highest BCUT2D eigenvalue weighted by molar-refractivity contribution is 5.39. The zero-order valence-corrected chi connectivity index (χ0v) is 13.4. The van der Waals surface area contributed by atoms with Crippen LogP contribution in [0.5, 0.6) is 0 Å². The van der Waals surface area contributed by atoms with E-state index >= 15 is 0 Å². The van der Waals surface area contributed by atoms with Gasteiger partial charge in [0.05, 0.1) is 5.69 Å². The molecule has 2 aromatic rings. The van der Waals surface area contributed by atoms with Crippen LogP contribution in [0.2, 0.25) is 0 Å². The smallest absolute Gasteiger partial charge is 0.352 e. The average Bonchev–Trinajstić information content (AvgIpc) is 3.16. The first-order valence-corrected chi connectivity index (χ1v) is 7.58. The van der Waals surface area contributed by atoms with Gasteiger partial charge in [0.25, 0.3) is 0 Å². The number of nitrogens with two attached hydrogens (primary N) is 1. The Labute approximate surface area is 141 Å². The van der Waals surface area contributed by atoms with Crippen molar-refractivity contribution in [1.82, 2.24) is 24.5 Å². The number of aromatic nitrogens is 5. The first kappa shape index (κ1) is 16.9. The highest BCUT2D eigenvalue weighted by Gasteiger charge is 2.37. The van der Waals surface area contributed by atoms with E-state index in [9.17, 15) is 15.0 Å². The summed E-state index contributed by atoms with van der Waals surface area (Å²) in [7, 11) is 0. The van der Waals surface area contributed by atoms with E-state index < -0.39 is 30.4 Å². The van der Waals surface area contributed by atoms with Gasteiger partial charge in [-0.15, -0.1) is 5.10 Å². The summed E-state index contributed by atoms with van der Waals surface area (Å²) in [5.74, 6) is -0.698. The minimum atomic E-state index is -1.50. The van der Waals surface area contributed by atoms with Crippen molar-refractivity contribution in [2.75, 3.05) is 12.3 Å². The molecule has 2 atom stereocenters. The Hall–Kier alpha value is -2.92. The van der Waals surface area contributed by atoms with Crippen LogP contribution in [0.3, 0.4) is 0 Å².